The SMILES string of the molecule is [O-][n+]1c(-c2ccccc2)cc2ccccc2c1-c1cc(C(F)(F)F)cc(C(F)(F)F)c1. The minimum absolute atomic E-state index is 0.0435. The molecule has 31 heavy (non-hydrogen) atoms. The van der Waals surface area contributed by atoms with Crippen molar-refractivity contribution in [1.82, 2.24) is 0 Å². The third-order valence-electron chi connectivity index (χ3n) is 4.86. The Labute approximate surface area is 172 Å². The lowest BCUT2D eigenvalue weighted by atomic mass is 9.97. The molecule has 0 radical (unpaired) electrons. The number of halogens is 6. The van der Waals surface area contributed by atoms with Crippen LogP contribution in [-0.2, 0) is 12.4 Å². The molecule has 0 aliphatic carbocycles. The zero-order valence-electron chi connectivity index (χ0n) is 15.6. The standard InChI is InChI=1S/C23H13F6NO/c24-22(25,26)17-10-16(11-18(13-17)23(27,28)29)21-19-9-5-4-8-15(19)12-20(30(21)31)14-6-2-1-3-7-14/h1-13H. The van der Waals surface area contributed by atoms with Crippen LogP contribution in [0.25, 0.3) is 33.3 Å². The predicted molar refractivity (Wildman–Crippen MR) is 104 cm³/mol. The van der Waals surface area contributed by atoms with Gasteiger partial charge in [0.2, 0.25) is 11.4 Å². The van der Waals surface area contributed by atoms with Gasteiger partial charge in [-0.2, -0.15) is 31.1 Å². The molecule has 0 bridgehead atoms. The molecule has 1 aromatic heterocycles. The lowest BCUT2D eigenvalue weighted by molar-refractivity contribution is -0.580. The van der Waals surface area contributed by atoms with E-state index in [2.05, 4.69) is 0 Å². The Kier molecular flexibility index (Phi) is 4.88. The van der Waals surface area contributed by atoms with Crippen molar-refractivity contribution in [3.05, 3.63) is 95.2 Å². The Hall–Kier alpha value is -3.55. The molecule has 0 saturated heterocycles. The Morgan fingerprint density at radius 1 is 0.613 bits per heavy atom. The average Bonchev–Trinajstić information content (AvgIpc) is 2.72. The molecular weight excluding hydrogens is 420 g/mol. The second kappa shape index (κ2) is 7.30. The highest BCUT2D eigenvalue weighted by Gasteiger charge is 2.38. The van der Waals surface area contributed by atoms with E-state index in [1.807, 2.05) is 0 Å². The number of benzene rings is 3. The van der Waals surface area contributed by atoms with E-state index >= 15 is 0 Å². The van der Waals surface area contributed by atoms with Crippen molar-refractivity contribution in [2.45, 2.75) is 12.4 Å². The molecule has 0 spiro atoms. The molecule has 3 aromatic carbocycles. The molecule has 4 aromatic rings. The van der Waals surface area contributed by atoms with Crippen LogP contribution in [0.3, 0.4) is 0 Å². The van der Waals surface area contributed by atoms with Crippen LogP contribution in [-0.4, -0.2) is 0 Å². The predicted octanol–water partition coefficient (Wildman–Crippen LogP) is 6.84. The monoisotopic (exact) mass is 433 g/mol. The first kappa shape index (κ1) is 20.7. The van der Waals surface area contributed by atoms with Gasteiger partial charge in [-0.25, -0.2) is 0 Å². The fourth-order valence-electron chi connectivity index (χ4n) is 3.45. The van der Waals surface area contributed by atoms with Gasteiger partial charge >= 0.3 is 12.4 Å². The van der Waals surface area contributed by atoms with Gasteiger partial charge in [-0.3, -0.25) is 0 Å². The van der Waals surface area contributed by atoms with E-state index < -0.39 is 29.0 Å². The number of alkyl halides is 6. The van der Waals surface area contributed by atoms with Gasteiger partial charge in [0.05, 0.1) is 16.5 Å². The lowest BCUT2D eigenvalue weighted by Gasteiger charge is -2.16. The van der Waals surface area contributed by atoms with Crippen LogP contribution < -0.4 is 4.73 Å². The zero-order valence-corrected chi connectivity index (χ0v) is 15.6. The Morgan fingerprint density at radius 3 is 1.74 bits per heavy atom. The summed E-state index contributed by atoms with van der Waals surface area (Å²) in [4.78, 5) is 0. The average molecular weight is 433 g/mol. The smallest absolute Gasteiger partial charge is 0.416 e. The number of fused-ring (bicyclic) bond motifs is 1. The van der Waals surface area contributed by atoms with Gasteiger partial charge in [0.25, 0.3) is 0 Å². The highest BCUT2D eigenvalue weighted by atomic mass is 19.4. The number of nitrogens with zero attached hydrogens (tertiary/aromatic N) is 1. The molecule has 4 rings (SSSR count). The minimum atomic E-state index is -5.02. The molecule has 0 N–H and O–H groups in total. The summed E-state index contributed by atoms with van der Waals surface area (Å²) in [7, 11) is 0. The van der Waals surface area contributed by atoms with E-state index in [9.17, 15) is 31.5 Å². The van der Waals surface area contributed by atoms with E-state index in [-0.39, 0.29) is 22.8 Å². The Morgan fingerprint density at radius 2 is 1.16 bits per heavy atom. The summed E-state index contributed by atoms with van der Waals surface area (Å²) in [6, 6.07) is 17.4. The van der Waals surface area contributed by atoms with Crippen LogP contribution >= 0.6 is 0 Å². The van der Waals surface area contributed by atoms with Crippen molar-refractivity contribution < 1.29 is 31.1 Å². The van der Waals surface area contributed by atoms with Crippen LogP contribution in [0, 0.1) is 5.21 Å². The highest BCUT2D eigenvalue weighted by molar-refractivity contribution is 5.95. The molecule has 0 aliphatic heterocycles. The van der Waals surface area contributed by atoms with Crippen molar-refractivity contribution in [3.63, 3.8) is 0 Å². The maximum atomic E-state index is 13.4. The molecule has 0 aliphatic rings. The van der Waals surface area contributed by atoms with Gasteiger partial charge in [-0.05, 0) is 41.8 Å². The first-order chi connectivity index (χ1) is 14.6. The maximum absolute atomic E-state index is 13.4. The fourth-order valence-corrected chi connectivity index (χ4v) is 3.45. The normalized spacial score (nSPS) is 12.3. The molecule has 0 atom stereocenters. The molecule has 1 heterocycles. The first-order valence-corrected chi connectivity index (χ1v) is 9.06. The highest BCUT2D eigenvalue weighted by Crippen LogP contribution is 2.39. The van der Waals surface area contributed by atoms with E-state index in [0.717, 1.165) is 0 Å². The van der Waals surface area contributed by atoms with Gasteiger partial charge in [-0.15, -0.1) is 0 Å². The number of rotatable bonds is 2. The first-order valence-electron chi connectivity index (χ1n) is 9.06. The van der Waals surface area contributed by atoms with Crippen molar-refractivity contribution in [3.8, 4) is 22.5 Å². The second-order valence-electron chi connectivity index (χ2n) is 6.92. The van der Waals surface area contributed by atoms with Crippen molar-refractivity contribution in [2.75, 3.05) is 0 Å². The maximum Gasteiger partial charge on any atom is 0.416 e. The van der Waals surface area contributed by atoms with Gasteiger partial charge in [0, 0.05) is 17.2 Å². The third-order valence-corrected chi connectivity index (χ3v) is 4.86. The fraction of sp³-hybridized carbons (Fsp3) is 0.0870. The Bertz CT molecular complexity index is 1230. The van der Waals surface area contributed by atoms with Crippen molar-refractivity contribution in [2.24, 2.45) is 0 Å². The van der Waals surface area contributed by atoms with Gasteiger partial charge < -0.3 is 5.21 Å². The molecule has 158 valence electrons. The second-order valence-corrected chi connectivity index (χ2v) is 6.92. The molecular formula is C23H13F6NO. The van der Waals surface area contributed by atoms with Crippen LogP contribution in [0.5, 0.6) is 0 Å². The molecule has 0 unspecified atom stereocenters. The van der Waals surface area contributed by atoms with E-state index in [1.54, 1.807) is 54.6 Å². The van der Waals surface area contributed by atoms with Gasteiger partial charge in [-0.1, -0.05) is 36.4 Å². The summed E-state index contributed by atoms with van der Waals surface area (Å²) < 4.78 is 80.5. The van der Waals surface area contributed by atoms with E-state index in [0.29, 0.717) is 27.8 Å². The minimum Gasteiger partial charge on any atom is -0.618 e. The number of pyridine rings is 1. The topological polar surface area (TPSA) is 26.9 Å². The molecule has 0 amide bonds. The number of hydrogen-bond donors (Lipinski definition) is 0. The van der Waals surface area contributed by atoms with Crippen molar-refractivity contribution >= 4 is 10.8 Å². The van der Waals surface area contributed by atoms with E-state index in [4.69, 9.17) is 0 Å². The summed E-state index contributed by atoms with van der Waals surface area (Å²) in [6.45, 7) is 0. The largest absolute Gasteiger partial charge is 0.618 e. The summed E-state index contributed by atoms with van der Waals surface area (Å²) in [5, 5.41) is 14.0. The molecule has 0 fully saturated rings. The van der Waals surface area contributed by atoms with Gasteiger partial charge in [0.1, 0.15) is 0 Å². The third kappa shape index (κ3) is 3.93. The van der Waals surface area contributed by atoms with Crippen LogP contribution in [0.4, 0.5) is 26.3 Å². The van der Waals surface area contributed by atoms with Crippen molar-refractivity contribution in [1.29, 1.82) is 0 Å². The van der Waals surface area contributed by atoms with Gasteiger partial charge in [0.15, 0.2) is 0 Å². The van der Waals surface area contributed by atoms with Crippen LogP contribution in [0.2, 0.25) is 0 Å². The summed E-state index contributed by atoms with van der Waals surface area (Å²) >= 11 is 0. The van der Waals surface area contributed by atoms with Crippen LogP contribution in [0.15, 0.2) is 78.9 Å². The summed E-state index contributed by atoms with van der Waals surface area (Å²) in [6.07, 6.45) is -10.0. The Balaban J connectivity index is 2.10. The summed E-state index contributed by atoms with van der Waals surface area (Å²) in [5.41, 5.74) is -3.12. The molecule has 0 saturated carbocycles. The van der Waals surface area contributed by atoms with E-state index in [1.165, 1.54) is 6.07 Å². The molecule has 8 heteroatoms. The quantitative estimate of drug-likeness (QED) is 0.193. The zero-order chi connectivity index (χ0) is 22.4. The lowest BCUT2D eigenvalue weighted by Crippen LogP contribution is -2.32. The number of aromatic nitrogens is 1. The summed E-state index contributed by atoms with van der Waals surface area (Å²) in [5.74, 6) is 0. The molecule has 2 nitrogen and oxygen atoms in total. The number of hydrogen-bond acceptors (Lipinski definition) is 1. The van der Waals surface area contributed by atoms with Crippen LogP contribution in [0.1, 0.15) is 11.1 Å².